The summed E-state index contributed by atoms with van der Waals surface area (Å²) in [6, 6.07) is 0.551. The molecule has 0 amide bonds. The molecule has 1 atom stereocenters. The highest BCUT2D eigenvalue weighted by Crippen LogP contribution is 2.34. The number of aliphatic hydroxyl groups is 2. The van der Waals surface area contributed by atoms with Crippen molar-refractivity contribution in [1.82, 2.24) is 5.32 Å². The second-order valence-corrected chi connectivity index (χ2v) is 5.29. The van der Waals surface area contributed by atoms with Crippen molar-refractivity contribution in [2.45, 2.75) is 45.6 Å². The Kier molecular flexibility index (Phi) is 5.03. The van der Waals surface area contributed by atoms with Crippen LogP contribution in [0.25, 0.3) is 0 Å². The standard InChI is InChI=1S/C12H25NO2/c1-3-11(6-10-4-5-10)13-7-12(2,8-14)9-15/h10-11,13-15H,3-9H2,1-2H3. The molecular weight excluding hydrogens is 190 g/mol. The lowest BCUT2D eigenvalue weighted by Crippen LogP contribution is -2.42. The van der Waals surface area contributed by atoms with Gasteiger partial charge in [0.05, 0.1) is 13.2 Å². The first-order valence-electron chi connectivity index (χ1n) is 6.08. The Morgan fingerprint density at radius 3 is 2.33 bits per heavy atom. The van der Waals surface area contributed by atoms with Crippen LogP contribution in [-0.2, 0) is 0 Å². The van der Waals surface area contributed by atoms with Gasteiger partial charge in [-0.1, -0.05) is 26.7 Å². The van der Waals surface area contributed by atoms with Crippen LogP contribution in [0.5, 0.6) is 0 Å². The highest BCUT2D eigenvalue weighted by atomic mass is 16.3. The van der Waals surface area contributed by atoms with E-state index in [1.807, 2.05) is 6.92 Å². The molecule has 0 aromatic carbocycles. The van der Waals surface area contributed by atoms with Crippen LogP contribution in [0.3, 0.4) is 0 Å². The highest BCUT2D eigenvalue weighted by molar-refractivity contribution is 4.82. The minimum Gasteiger partial charge on any atom is -0.396 e. The third kappa shape index (κ3) is 4.49. The quantitative estimate of drug-likeness (QED) is 0.569. The fraction of sp³-hybridized carbons (Fsp3) is 1.00. The SMILES string of the molecule is CCC(CC1CC1)NCC(C)(CO)CO. The van der Waals surface area contributed by atoms with Crippen molar-refractivity contribution in [2.75, 3.05) is 19.8 Å². The molecule has 3 nitrogen and oxygen atoms in total. The predicted molar refractivity (Wildman–Crippen MR) is 61.7 cm³/mol. The van der Waals surface area contributed by atoms with Gasteiger partial charge in [-0.25, -0.2) is 0 Å². The predicted octanol–water partition coefficient (Wildman–Crippen LogP) is 1.15. The molecule has 90 valence electrons. The summed E-state index contributed by atoms with van der Waals surface area (Å²) in [6.07, 6.45) is 5.15. The first kappa shape index (κ1) is 12.9. The van der Waals surface area contributed by atoms with Gasteiger partial charge in [0, 0.05) is 18.0 Å². The van der Waals surface area contributed by atoms with Crippen molar-refractivity contribution in [3.8, 4) is 0 Å². The summed E-state index contributed by atoms with van der Waals surface area (Å²) in [5, 5.41) is 21.8. The van der Waals surface area contributed by atoms with Gasteiger partial charge in [0.25, 0.3) is 0 Å². The van der Waals surface area contributed by atoms with E-state index in [0.717, 1.165) is 12.3 Å². The van der Waals surface area contributed by atoms with E-state index in [-0.39, 0.29) is 18.6 Å². The zero-order valence-electron chi connectivity index (χ0n) is 10.00. The van der Waals surface area contributed by atoms with E-state index in [0.29, 0.717) is 12.6 Å². The fourth-order valence-electron chi connectivity index (χ4n) is 1.70. The highest BCUT2D eigenvalue weighted by Gasteiger charge is 2.27. The summed E-state index contributed by atoms with van der Waals surface area (Å²) >= 11 is 0. The molecule has 0 saturated heterocycles. The Labute approximate surface area is 92.9 Å². The molecule has 0 bridgehead atoms. The molecule has 1 saturated carbocycles. The second kappa shape index (κ2) is 5.83. The van der Waals surface area contributed by atoms with Gasteiger partial charge < -0.3 is 15.5 Å². The molecule has 0 aromatic rings. The van der Waals surface area contributed by atoms with Gasteiger partial charge in [-0.05, 0) is 18.8 Å². The van der Waals surface area contributed by atoms with Crippen LogP contribution in [-0.4, -0.2) is 36.0 Å². The maximum atomic E-state index is 9.17. The molecule has 0 aliphatic heterocycles. The van der Waals surface area contributed by atoms with Crippen molar-refractivity contribution >= 4 is 0 Å². The number of rotatable bonds is 8. The fourth-order valence-corrected chi connectivity index (χ4v) is 1.70. The Hall–Kier alpha value is -0.120. The van der Waals surface area contributed by atoms with Gasteiger partial charge in [0.1, 0.15) is 0 Å². The molecule has 1 aliphatic rings. The third-order valence-corrected chi connectivity index (χ3v) is 3.39. The lowest BCUT2D eigenvalue weighted by atomic mass is 9.92. The van der Waals surface area contributed by atoms with Gasteiger partial charge in [-0.3, -0.25) is 0 Å². The van der Waals surface area contributed by atoms with Crippen LogP contribution in [0.15, 0.2) is 0 Å². The van der Waals surface area contributed by atoms with Crippen LogP contribution in [0.4, 0.5) is 0 Å². The van der Waals surface area contributed by atoms with Gasteiger partial charge in [-0.15, -0.1) is 0 Å². The molecule has 0 heterocycles. The van der Waals surface area contributed by atoms with Crippen LogP contribution in [0.1, 0.15) is 39.5 Å². The molecule has 1 aliphatic carbocycles. The maximum Gasteiger partial charge on any atom is 0.0518 e. The monoisotopic (exact) mass is 215 g/mol. The van der Waals surface area contributed by atoms with Gasteiger partial charge in [0.15, 0.2) is 0 Å². The minimum absolute atomic E-state index is 0.0381. The number of hydrogen-bond acceptors (Lipinski definition) is 3. The summed E-state index contributed by atoms with van der Waals surface area (Å²) in [4.78, 5) is 0. The molecule has 3 heteroatoms. The van der Waals surface area contributed by atoms with E-state index < -0.39 is 0 Å². The largest absolute Gasteiger partial charge is 0.396 e. The molecule has 0 spiro atoms. The lowest BCUT2D eigenvalue weighted by molar-refractivity contribution is 0.0667. The first-order valence-corrected chi connectivity index (χ1v) is 6.08. The Bertz CT molecular complexity index is 176. The van der Waals surface area contributed by atoms with Crippen LogP contribution < -0.4 is 5.32 Å². The summed E-state index contributed by atoms with van der Waals surface area (Å²) in [7, 11) is 0. The minimum atomic E-state index is -0.378. The zero-order valence-corrected chi connectivity index (χ0v) is 10.00. The third-order valence-electron chi connectivity index (χ3n) is 3.39. The average Bonchev–Trinajstić information content (AvgIpc) is 3.07. The topological polar surface area (TPSA) is 52.5 Å². The molecule has 1 fully saturated rings. The van der Waals surface area contributed by atoms with E-state index in [1.165, 1.54) is 19.3 Å². The van der Waals surface area contributed by atoms with Gasteiger partial charge in [-0.2, -0.15) is 0 Å². The van der Waals surface area contributed by atoms with E-state index in [1.54, 1.807) is 0 Å². The lowest BCUT2D eigenvalue weighted by Gasteiger charge is -2.28. The van der Waals surface area contributed by atoms with E-state index in [9.17, 15) is 0 Å². The zero-order chi connectivity index (χ0) is 11.3. The molecular formula is C12H25NO2. The van der Waals surface area contributed by atoms with E-state index in [2.05, 4.69) is 12.2 Å². The number of aliphatic hydroxyl groups excluding tert-OH is 2. The van der Waals surface area contributed by atoms with Crippen LogP contribution in [0, 0.1) is 11.3 Å². The van der Waals surface area contributed by atoms with Crippen molar-refractivity contribution < 1.29 is 10.2 Å². The van der Waals surface area contributed by atoms with E-state index in [4.69, 9.17) is 10.2 Å². The molecule has 15 heavy (non-hydrogen) atoms. The number of hydrogen-bond donors (Lipinski definition) is 3. The van der Waals surface area contributed by atoms with Crippen molar-refractivity contribution in [2.24, 2.45) is 11.3 Å². The smallest absolute Gasteiger partial charge is 0.0518 e. The summed E-state index contributed by atoms with van der Waals surface area (Å²) in [6.45, 7) is 4.87. The second-order valence-electron chi connectivity index (χ2n) is 5.29. The first-order chi connectivity index (χ1) is 7.13. The summed E-state index contributed by atoms with van der Waals surface area (Å²) in [5.74, 6) is 0.928. The van der Waals surface area contributed by atoms with Crippen LogP contribution >= 0.6 is 0 Å². The number of nitrogens with one attached hydrogen (secondary N) is 1. The van der Waals surface area contributed by atoms with Crippen molar-refractivity contribution in [1.29, 1.82) is 0 Å². The Morgan fingerprint density at radius 1 is 1.33 bits per heavy atom. The Balaban J connectivity index is 2.24. The van der Waals surface area contributed by atoms with Gasteiger partial charge in [0.2, 0.25) is 0 Å². The average molecular weight is 215 g/mol. The van der Waals surface area contributed by atoms with Gasteiger partial charge >= 0.3 is 0 Å². The molecule has 1 unspecified atom stereocenters. The summed E-state index contributed by atoms with van der Waals surface area (Å²) < 4.78 is 0. The molecule has 0 aromatic heterocycles. The van der Waals surface area contributed by atoms with Crippen molar-refractivity contribution in [3.05, 3.63) is 0 Å². The molecule has 3 N–H and O–H groups in total. The molecule has 0 radical (unpaired) electrons. The normalized spacial score (nSPS) is 19.2. The Morgan fingerprint density at radius 2 is 1.93 bits per heavy atom. The summed E-state index contributed by atoms with van der Waals surface area (Å²) in [5.41, 5.74) is -0.378. The van der Waals surface area contributed by atoms with Crippen molar-refractivity contribution in [3.63, 3.8) is 0 Å². The van der Waals surface area contributed by atoms with E-state index >= 15 is 0 Å². The maximum absolute atomic E-state index is 9.17. The van der Waals surface area contributed by atoms with Crippen LogP contribution in [0.2, 0.25) is 0 Å². The molecule has 1 rings (SSSR count).